The smallest absolute Gasteiger partial charge is 0.128 e. The van der Waals surface area contributed by atoms with E-state index in [0.29, 0.717) is 5.69 Å². The van der Waals surface area contributed by atoms with Crippen LogP contribution in [0.15, 0.2) is 30.7 Å². The summed E-state index contributed by atoms with van der Waals surface area (Å²) in [4.78, 5) is 6.96. The molecule has 1 aromatic heterocycles. The first-order chi connectivity index (χ1) is 6.81. The fourth-order valence-electron chi connectivity index (χ4n) is 1.34. The van der Waals surface area contributed by atoms with Crippen LogP contribution in [0, 0.1) is 0 Å². The van der Waals surface area contributed by atoms with Gasteiger partial charge in [0, 0.05) is 11.3 Å². The quantitative estimate of drug-likeness (QED) is 0.706. The maximum absolute atomic E-state index is 5.70. The van der Waals surface area contributed by atoms with E-state index in [0.717, 1.165) is 17.0 Å². The molecule has 0 fully saturated rings. The second-order valence-electron chi connectivity index (χ2n) is 2.93. The summed E-state index contributed by atoms with van der Waals surface area (Å²) in [6, 6.07) is 5.50. The fourth-order valence-corrected chi connectivity index (χ4v) is 1.34. The van der Waals surface area contributed by atoms with Crippen molar-refractivity contribution >= 4 is 5.69 Å². The van der Waals surface area contributed by atoms with Crippen LogP contribution in [0.3, 0.4) is 0 Å². The van der Waals surface area contributed by atoms with Crippen molar-refractivity contribution in [2.45, 2.75) is 0 Å². The highest BCUT2D eigenvalue weighted by atomic mass is 16.5. The van der Waals surface area contributed by atoms with E-state index in [2.05, 4.69) is 9.97 Å². The summed E-state index contributed by atoms with van der Waals surface area (Å²) in [5, 5.41) is 0. The molecule has 1 heterocycles. The van der Waals surface area contributed by atoms with Gasteiger partial charge in [0.15, 0.2) is 0 Å². The molecular weight excluding hydrogens is 178 g/mol. The largest absolute Gasteiger partial charge is 0.496 e. The van der Waals surface area contributed by atoms with Gasteiger partial charge in [-0.3, -0.25) is 0 Å². The van der Waals surface area contributed by atoms with Crippen LogP contribution in [0.25, 0.3) is 11.3 Å². The minimum atomic E-state index is 0.704. The fraction of sp³-hybridized carbons (Fsp3) is 0.100. The second-order valence-corrected chi connectivity index (χ2v) is 2.93. The van der Waals surface area contributed by atoms with E-state index in [-0.39, 0.29) is 0 Å². The van der Waals surface area contributed by atoms with Crippen LogP contribution in [0.1, 0.15) is 0 Å². The molecule has 2 rings (SSSR count). The molecule has 0 spiro atoms. The Morgan fingerprint density at radius 3 is 2.93 bits per heavy atom. The van der Waals surface area contributed by atoms with Gasteiger partial charge in [0.2, 0.25) is 0 Å². The number of hydrogen-bond acceptors (Lipinski definition) is 3. The molecule has 0 unspecified atom stereocenters. The van der Waals surface area contributed by atoms with Gasteiger partial charge in [-0.25, -0.2) is 4.98 Å². The van der Waals surface area contributed by atoms with Crippen molar-refractivity contribution in [2.75, 3.05) is 12.8 Å². The molecule has 0 aliphatic heterocycles. The second kappa shape index (κ2) is 3.41. The van der Waals surface area contributed by atoms with E-state index >= 15 is 0 Å². The van der Waals surface area contributed by atoms with Crippen molar-refractivity contribution in [1.82, 2.24) is 9.97 Å². The van der Waals surface area contributed by atoms with Gasteiger partial charge in [0.05, 0.1) is 25.3 Å². The standard InChI is InChI=1S/C10H11N3O/c1-14-10-3-2-7(11)4-8(10)9-5-12-6-13-9/h2-6H,11H2,1H3,(H,12,13). The van der Waals surface area contributed by atoms with Crippen molar-refractivity contribution in [3.05, 3.63) is 30.7 Å². The highest BCUT2D eigenvalue weighted by molar-refractivity contribution is 5.70. The van der Waals surface area contributed by atoms with Gasteiger partial charge in [-0.1, -0.05) is 0 Å². The molecule has 1 aromatic carbocycles. The molecule has 4 nitrogen and oxygen atoms in total. The SMILES string of the molecule is COc1ccc(N)cc1-c1cnc[nH]1. The van der Waals surface area contributed by atoms with Gasteiger partial charge in [-0.05, 0) is 18.2 Å². The van der Waals surface area contributed by atoms with E-state index in [1.807, 2.05) is 12.1 Å². The number of rotatable bonds is 2. The number of hydrogen-bond donors (Lipinski definition) is 2. The topological polar surface area (TPSA) is 63.9 Å². The van der Waals surface area contributed by atoms with Crippen LogP contribution in [0.5, 0.6) is 5.75 Å². The predicted molar refractivity (Wildman–Crippen MR) is 55.0 cm³/mol. The number of anilines is 1. The summed E-state index contributed by atoms with van der Waals surface area (Å²) < 4.78 is 5.22. The summed E-state index contributed by atoms with van der Waals surface area (Å²) in [5.41, 5.74) is 8.22. The first-order valence-electron chi connectivity index (χ1n) is 4.23. The lowest BCUT2D eigenvalue weighted by Crippen LogP contribution is -1.91. The lowest BCUT2D eigenvalue weighted by molar-refractivity contribution is 0.416. The van der Waals surface area contributed by atoms with E-state index in [9.17, 15) is 0 Å². The summed E-state index contributed by atoms with van der Waals surface area (Å²) in [6.45, 7) is 0. The monoisotopic (exact) mass is 189 g/mol. The first-order valence-corrected chi connectivity index (χ1v) is 4.23. The maximum atomic E-state index is 5.70. The average molecular weight is 189 g/mol. The Kier molecular flexibility index (Phi) is 2.10. The van der Waals surface area contributed by atoms with E-state index in [4.69, 9.17) is 10.5 Å². The molecular formula is C10H11N3O. The Hall–Kier alpha value is -1.97. The molecule has 4 heteroatoms. The average Bonchev–Trinajstić information content (AvgIpc) is 2.70. The number of ether oxygens (including phenoxy) is 1. The van der Waals surface area contributed by atoms with E-state index in [1.165, 1.54) is 0 Å². The number of nitrogens with one attached hydrogen (secondary N) is 1. The molecule has 72 valence electrons. The van der Waals surface area contributed by atoms with Crippen LogP contribution < -0.4 is 10.5 Å². The number of methoxy groups -OCH3 is 1. The number of aromatic amines is 1. The molecule has 0 amide bonds. The van der Waals surface area contributed by atoms with Gasteiger partial charge < -0.3 is 15.5 Å². The summed E-state index contributed by atoms with van der Waals surface area (Å²) in [6.07, 6.45) is 3.36. The van der Waals surface area contributed by atoms with Crippen LogP contribution in [-0.4, -0.2) is 17.1 Å². The molecule has 14 heavy (non-hydrogen) atoms. The van der Waals surface area contributed by atoms with Gasteiger partial charge in [-0.2, -0.15) is 0 Å². The minimum absolute atomic E-state index is 0.704. The van der Waals surface area contributed by atoms with Crippen molar-refractivity contribution in [2.24, 2.45) is 0 Å². The number of nitrogens with two attached hydrogens (primary N) is 1. The van der Waals surface area contributed by atoms with Gasteiger partial charge in [0.25, 0.3) is 0 Å². The van der Waals surface area contributed by atoms with Crippen LogP contribution in [0.2, 0.25) is 0 Å². The number of nitrogen functional groups attached to an aromatic ring is 1. The molecule has 3 N–H and O–H groups in total. The zero-order chi connectivity index (χ0) is 9.97. The summed E-state index contributed by atoms with van der Waals surface area (Å²) >= 11 is 0. The highest BCUT2D eigenvalue weighted by Gasteiger charge is 2.06. The zero-order valence-corrected chi connectivity index (χ0v) is 7.82. The Labute approximate surface area is 81.7 Å². The lowest BCUT2D eigenvalue weighted by Gasteiger charge is -2.06. The molecule has 0 atom stereocenters. The molecule has 0 saturated carbocycles. The van der Waals surface area contributed by atoms with Crippen molar-refractivity contribution in [3.63, 3.8) is 0 Å². The molecule has 0 aliphatic rings. The number of aromatic nitrogens is 2. The van der Waals surface area contributed by atoms with Gasteiger partial charge >= 0.3 is 0 Å². The number of benzene rings is 1. The van der Waals surface area contributed by atoms with Gasteiger partial charge in [0.1, 0.15) is 5.75 Å². The van der Waals surface area contributed by atoms with E-state index in [1.54, 1.807) is 25.7 Å². The highest BCUT2D eigenvalue weighted by Crippen LogP contribution is 2.29. The number of nitrogens with zero attached hydrogens (tertiary/aromatic N) is 1. The molecule has 0 saturated heterocycles. The molecule has 0 aliphatic carbocycles. The Morgan fingerprint density at radius 2 is 2.29 bits per heavy atom. The van der Waals surface area contributed by atoms with E-state index < -0.39 is 0 Å². The third-order valence-electron chi connectivity index (χ3n) is 2.01. The maximum Gasteiger partial charge on any atom is 0.128 e. The normalized spacial score (nSPS) is 10.1. The minimum Gasteiger partial charge on any atom is -0.496 e. The molecule has 2 aromatic rings. The lowest BCUT2D eigenvalue weighted by atomic mass is 10.1. The van der Waals surface area contributed by atoms with Gasteiger partial charge in [-0.15, -0.1) is 0 Å². The van der Waals surface area contributed by atoms with Crippen molar-refractivity contribution in [3.8, 4) is 17.0 Å². The van der Waals surface area contributed by atoms with Crippen LogP contribution in [0.4, 0.5) is 5.69 Å². The van der Waals surface area contributed by atoms with Crippen molar-refractivity contribution < 1.29 is 4.74 Å². The summed E-state index contributed by atoms with van der Waals surface area (Å²) in [7, 11) is 1.63. The number of imidazole rings is 1. The zero-order valence-electron chi connectivity index (χ0n) is 7.82. The third kappa shape index (κ3) is 1.42. The third-order valence-corrected chi connectivity index (χ3v) is 2.01. The summed E-state index contributed by atoms with van der Waals surface area (Å²) in [5.74, 6) is 0.781. The molecule has 0 radical (unpaired) electrons. The van der Waals surface area contributed by atoms with Crippen LogP contribution >= 0.6 is 0 Å². The predicted octanol–water partition coefficient (Wildman–Crippen LogP) is 1.67. The van der Waals surface area contributed by atoms with Crippen molar-refractivity contribution in [1.29, 1.82) is 0 Å². The Morgan fingerprint density at radius 1 is 1.43 bits per heavy atom. The first kappa shape index (κ1) is 8.62. The Bertz CT molecular complexity index is 423. The number of H-pyrrole nitrogens is 1. The molecule has 0 bridgehead atoms. The Balaban J connectivity index is 2.55. The van der Waals surface area contributed by atoms with Crippen LogP contribution in [-0.2, 0) is 0 Å².